The van der Waals surface area contributed by atoms with E-state index in [9.17, 15) is 4.79 Å². The monoisotopic (exact) mass is 301 g/mol. The summed E-state index contributed by atoms with van der Waals surface area (Å²) in [5, 5.41) is 7.58. The number of hydrogen-bond acceptors (Lipinski definition) is 4. The number of benzene rings is 1. The lowest BCUT2D eigenvalue weighted by Crippen LogP contribution is -2.19. The predicted octanol–water partition coefficient (Wildman–Crippen LogP) is 3.27. The van der Waals surface area contributed by atoms with Crippen LogP contribution in [0.5, 0.6) is 0 Å². The van der Waals surface area contributed by atoms with Crippen LogP contribution in [0.2, 0.25) is 0 Å². The first-order chi connectivity index (χ1) is 10.3. The number of carbonyl (C=O) groups excluding carboxylic acids is 1. The Morgan fingerprint density at radius 1 is 1.43 bits per heavy atom. The standard InChI is InChI=1S/C16H19N3OS/c1-2-11-9-18-16(21-11)10-17-13-6-4-3-5-12(13)14-7-8-15(20)19-14/h3-6,9,14,17H,2,7-8,10H2,1H3,(H,19,20). The number of para-hydroxylation sites is 1. The highest BCUT2D eigenvalue weighted by Crippen LogP contribution is 2.30. The normalized spacial score (nSPS) is 17.8. The zero-order valence-corrected chi connectivity index (χ0v) is 12.9. The summed E-state index contributed by atoms with van der Waals surface area (Å²) >= 11 is 1.75. The molecule has 4 nitrogen and oxygen atoms in total. The van der Waals surface area contributed by atoms with Crippen LogP contribution in [0.1, 0.15) is 41.3 Å². The molecule has 110 valence electrons. The molecular formula is C16H19N3OS. The number of carbonyl (C=O) groups is 1. The Morgan fingerprint density at radius 3 is 3.00 bits per heavy atom. The Kier molecular flexibility index (Phi) is 4.20. The van der Waals surface area contributed by atoms with Crippen molar-refractivity contribution in [1.29, 1.82) is 0 Å². The van der Waals surface area contributed by atoms with E-state index in [2.05, 4.69) is 34.7 Å². The maximum atomic E-state index is 11.4. The average Bonchev–Trinajstić information content (AvgIpc) is 3.14. The number of amides is 1. The predicted molar refractivity (Wildman–Crippen MR) is 85.4 cm³/mol. The first-order valence-electron chi connectivity index (χ1n) is 7.32. The fourth-order valence-corrected chi connectivity index (χ4v) is 3.38. The van der Waals surface area contributed by atoms with Crippen molar-refractivity contribution in [3.05, 3.63) is 45.9 Å². The highest BCUT2D eigenvalue weighted by atomic mass is 32.1. The second-order valence-electron chi connectivity index (χ2n) is 5.17. The summed E-state index contributed by atoms with van der Waals surface area (Å²) in [5.41, 5.74) is 2.24. The fourth-order valence-electron chi connectivity index (χ4n) is 2.57. The molecular weight excluding hydrogens is 282 g/mol. The van der Waals surface area contributed by atoms with Gasteiger partial charge in [-0.05, 0) is 24.5 Å². The van der Waals surface area contributed by atoms with Gasteiger partial charge >= 0.3 is 0 Å². The molecule has 1 aliphatic rings. The molecule has 1 amide bonds. The Labute approximate surface area is 128 Å². The largest absolute Gasteiger partial charge is 0.378 e. The smallest absolute Gasteiger partial charge is 0.220 e. The molecule has 0 bridgehead atoms. The van der Waals surface area contributed by atoms with Crippen molar-refractivity contribution in [2.24, 2.45) is 0 Å². The van der Waals surface area contributed by atoms with Crippen LogP contribution in [-0.2, 0) is 17.8 Å². The van der Waals surface area contributed by atoms with E-state index in [4.69, 9.17) is 0 Å². The molecule has 21 heavy (non-hydrogen) atoms. The van der Waals surface area contributed by atoms with E-state index in [1.165, 1.54) is 4.88 Å². The summed E-state index contributed by atoms with van der Waals surface area (Å²) in [5.74, 6) is 0.141. The van der Waals surface area contributed by atoms with Crippen LogP contribution in [0.3, 0.4) is 0 Å². The third-order valence-corrected chi connectivity index (χ3v) is 4.85. The van der Waals surface area contributed by atoms with E-state index < -0.39 is 0 Å². The van der Waals surface area contributed by atoms with E-state index in [1.807, 2.05) is 18.3 Å². The maximum absolute atomic E-state index is 11.4. The summed E-state index contributed by atoms with van der Waals surface area (Å²) in [6.45, 7) is 2.87. The van der Waals surface area contributed by atoms with Gasteiger partial charge in [-0.25, -0.2) is 4.98 Å². The fraction of sp³-hybridized carbons (Fsp3) is 0.375. The third-order valence-electron chi connectivity index (χ3n) is 3.71. The van der Waals surface area contributed by atoms with Gasteiger partial charge in [-0.1, -0.05) is 25.1 Å². The number of hydrogen-bond donors (Lipinski definition) is 2. The van der Waals surface area contributed by atoms with Crippen LogP contribution < -0.4 is 10.6 Å². The molecule has 1 aromatic carbocycles. The number of nitrogens with one attached hydrogen (secondary N) is 2. The minimum Gasteiger partial charge on any atom is -0.378 e. The van der Waals surface area contributed by atoms with Crippen molar-refractivity contribution in [2.45, 2.75) is 38.8 Å². The van der Waals surface area contributed by atoms with Gasteiger partial charge in [0.25, 0.3) is 0 Å². The topological polar surface area (TPSA) is 54.0 Å². The van der Waals surface area contributed by atoms with Crippen molar-refractivity contribution in [1.82, 2.24) is 10.3 Å². The lowest BCUT2D eigenvalue weighted by Gasteiger charge is -2.16. The summed E-state index contributed by atoms with van der Waals surface area (Å²) in [6.07, 6.45) is 4.47. The van der Waals surface area contributed by atoms with Gasteiger partial charge in [0.2, 0.25) is 5.91 Å². The number of aryl methyl sites for hydroxylation is 1. The van der Waals surface area contributed by atoms with Gasteiger partial charge in [0.1, 0.15) is 5.01 Å². The number of rotatable bonds is 5. The second-order valence-corrected chi connectivity index (χ2v) is 6.37. The maximum Gasteiger partial charge on any atom is 0.220 e. The van der Waals surface area contributed by atoms with Crippen molar-refractivity contribution < 1.29 is 4.79 Å². The van der Waals surface area contributed by atoms with E-state index >= 15 is 0 Å². The van der Waals surface area contributed by atoms with Gasteiger partial charge in [0, 0.05) is 23.2 Å². The van der Waals surface area contributed by atoms with Gasteiger partial charge < -0.3 is 10.6 Å². The lowest BCUT2D eigenvalue weighted by molar-refractivity contribution is -0.119. The van der Waals surface area contributed by atoms with Crippen LogP contribution in [0.4, 0.5) is 5.69 Å². The molecule has 0 spiro atoms. The highest BCUT2D eigenvalue weighted by molar-refractivity contribution is 7.11. The summed E-state index contributed by atoms with van der Waals surface area (Å²) in [6, 6.07) is 8.31. The van der Waals surface area contributed by atoms with E-state index in [0.29, 0.717) is 6.42 Å². The van der Waals surface area contributed by atoms with E-state index in [0.717, 1.165) is 35.6 Å². The molecule has 1 unspecified atom stereocenters. The van der Waals surface area contributed by atoms with Gasteiger partial charge in [-0.3, -0.25) is 4.79 Å². The van der Waals surface area contributed by atoms with Crippen LogP contribution in [0.25, 0.3) is 0 Å². The molecule has 1 aromatic heterocycles. The Morgan fingerprint density at radius 2 is 2.29 bits per heavy atom. The SMILES string of the molecule is CCc1cnc(CNc2ccccc2C2CCC(=O)N2)s1. The number of nitrogens with zero attached hydrogens (tertiary/aromatic N) is 1. The van der Waals surface area contributed by atoms with Gasteiger partial charge in [0.15, 0.2) is 0 Å². The average molecular weight is 301 g/mol. The summed E-state index contributed by atoms with van der Waals surface area (Å²) in [7, 11) is 0. The van der Waals surface area contributed by atoms with Crippen molar-refractivity contribution in [3.63, 3.8) is 0 Å². The minimum atomic E-state index is 0.128. The number of thiazole rings is 1. The molecule has 2 N–H and O–H groups in total. The van der Waals surface area contributed by atoms with Crippen LogP contribution >= 0.6 is 11.3 Å². The molecule has 1 fully saturated rings. The Hall–Kier alpha value is -1.88. The third kappa shape index (κ3) is 3.24. The Balaban J connectivity index is 1.71. The zero-order chi connectivity index (χ0) is 14.7. The second kappa shape index (κ2) is 6.26. The molecule has 0 aliphatic carbocycles. The van der Waals surface area contributed by atoms with Crippen LogP contribution in [0.15, 0.2) is 30.5 Å². The summed E-state index contributed by atoms with van der Waals surface area (Å²) < 4.78 is 0. The van der Waals surface area contributed by atoms with Crippen molar-refractivity contribution in [3.8, 4) is 0 Å². The first kappa shape index (κ1) is 14.1. The molecule has 1 saturated heterocycles. The molecule has 2 heterocycles. The number of aromatic nitrogens is 1. The van der Waals surface area contributed by atoms with Gasteiger partial charge in [0.05, 0.1) is 12.6 Å². The van der Waals surface area contributed by atoms with E-state index in [1.54, 1.807) is 11.3 Å². The first-order valence-corrected chi connectivity index (χ1v) is 8.13. The molecule has 2 aromatic rings. The van der Waals surface area contributed by atoms with Crippen molar-refractivity contribution >= 4 is 22.9 Å². The highest BCUT2D eigenvalue weighted by Gasteiger charge is 2.24. The molecule has 1 atom stereocenters. The van der Waals surface area contributed by atoms with Crippen LogP contribution in [-0.4, -0.2) is 10.9 Å². The van der Waals surface area contributed by atoms with Crippen LogP contribution in [0, 0.1) is 0 Å². The quantitative estimate of drug-likeness (QED) is 0.891. The lowest BCUT2D eigenvalue weighted by atomic mass is 10.0. The molecule has 1 aliphatic heterocycles. The van der Waals surface area contributed by atoms with E-state index in [-0.39, 0.29) is 11.9 Å². The molecule has 5 heteroatoms. The Bertz CT molecular complexity index is 638. The van der Waals surface area contributed by atoms with Gasteiger partial charge in [-0.15, -0.1) is 11.3 Å². The zero-order valence-electron chi connectivity index (χ0n) is 12.1. The molecule has 0 saturated carbocycles. The number of anilines is 1. The van der Waals surface area contributed by atoms with Crippen molar-refractivity contribution in [2.75, 3.05) is 5.32 Å². The molecule has 3 rings (SSSR count). The summed E-state index contributed by atoms with van der Waals surface area (Å²) in [4.78, 5) is 17.1. The minimum absolute atomic E-state index is 0.128. The molecule has 0 radical (unpaired) electrons. The van der Waals surface area contributed by atoms with Gasteiger partial charge in [-0.2, -0.15) is 0 Å².